The average molecular weight is 234 g/mol. The van der Waals surface area contributed by atoms with Gasteiger partial charge in [-0.15, -0.1) is 0 Å². The van der Waals surface area contributed by atoms with E-state index in [0.717, 1.165) is 16.9 Å². The van der Waals surface area contributed by atoms with E-state index in [1.54, 1.807) is 13.0 Å². The van der Waals surface area contributed by atoms with Gasteiger partial charge in [0.05, 0.1) is 0 Å². The molecule has 1 N–H and O–H groups in total. The molecule has 1 rings (SSSR count). The Morgan fingerprint density at radius 2 is 1.88 bits per heavy atom. The molecule has 0 aliphatic carbocycles. The highest BCUT2D eigenvalue weighted by Gasteiger charge is 2.06. The standard InChI is InChI=1S/C14H18O3/c1-9-5-6-10(2)13(12(9)4)17-8-7-11(3)14(15)16/h5-7H,8H2,1-4H3,(H,15,16). The highest BCUT2D eigenvalue weighted by Crippen LogP contribution is 2.25. The number of carbonyl (C=O) groups is 1. The van der Waals surface area contributed by atoms with Gasteiger partial charge in [-0.25, -0.2) is 4.79 Å². The first-order chi connectivity index (χ1) is 7.93. The number of rotatable bonds is 4. The Labute approximate surface area is 102 Å². The molecule has 17 heavy (non-hydrogen) atoms. The van der Waals surface area contributed by atoms with Crippen LogP contribution in [0.25, 0.3) is 0 Å². The number of benzene rings is 1. The first-order valence-electron chi connectivity index (χ1n) is 5.53. The van der Waals surface area contributed by atoms with E-state index in [4.69, 9.17) is 9.84 Å². The predicted octanol–water partition coefficient (Wildman–Crippen LogP) is 3.02. The number of carboxylic acid groups (broad SMARTS) is 1. The lowest BCUT2D eigenvalue weighted by Crippen LogP contribution is -2.03. The van der Waals surface area contributed by atoms with Crippen molar-refractivity contribution < 1.29 is 14.6 Å². The highest BCUT2D eigenvalue weighted by molar-refractivity contribution is 5.85. The zero-order valence-corrected chi connectivity index (χ0v) is 10.7. The fourth-order valence-corrected chi connectivity index (χ4v) is 1.48. The summed E-state index contributed by atoms with van der Waals surface area (Å²) >= 11 is 0. The van der Waals surface area contributed by atoms with Gasteiger partial charge in [0.1, 0.15) is 12.4 Å². The summed E-state index contributed by atoms with van der Waals surface area (Å²) in [6.07, 6.45) is 1.57. The van der Waals surface area contributed by atoms with Crippen LogP contribution in [-0.2, 0) is 4.79 Å². The third-order valence-corrected chi connectivity index (χ3v) is 2.83. The van der Waals surface area contributed by atoms with Gasteiger partial charge in [-0.05, 0) is 50.5 Å². The summed E-state index contributed by atoms with van der Waals surface area (Å²) in [5, 5.41) is 8.71. The molecule has 0 radical (unpaired) electrons. The van der Waals surface area contributed by atoms with Gasteiger partial charge < -0.3 is 9.84 Å². The van der Waals surface area contributed by atoms with Crippen LogP contribution >= 0.6 is 0 Å². The van der Waals surface area contributed by atoms with Crippen molar-refractivity contribution in [3.05, 3.63) is 40.5 Å². The topological polar surface area (TPSA) is 46.5 Å². The van der Waals surface area contributed by atoms with Crippen molar-refractivity contribution in [1.82, 2.24) is 0 Å². The first-order valence-corrected chi connectivity index (χ1v) is 5.53. The number of hydrogen-bond donors (Lipinski definition) is 1. The van der Waals surface area contributed by atoms with Crippen LogP contribution in [0, 0.1) is 20.8 Å². The SMILES string of the molecule is CC(=CCOc1c(C)ccc(C)c1C)C(=O)O. The van der Waals surface area contributed by atoms with Gasteiger partial charge in [-0.1, -0.05) is 12.1 Å². The summed E-state index contributed by atoms with van der Waals surface area (Å²) in [4.78, 5) is 10.6. The van der Waals surface area contributed by atoms with E-state index in [0.29, 0.717) is 5.57 Å². The van der Waals surface area contributed by atoms with Crippen LogP contribution in [0.3, 0.4) is 0 Å². The summed E-state index contributed by atoms with van der Waals surface area (Å²) in [5.41, 5.74) is 3.64. The van der Waals surface area contributed by atoms with Crippen molar-refractivity contribution in [3.8, 4) is 5.75 Å². The fraction of sp³-hybridized carbons (Fsp3) is 0.357. The molecular formula is C14H18O3. The molecule has 0 spiro atoms. The van der Waals surface area contributed by atoms with Crippen LogP contribution in [0.15, 0.2) is 23.8 Å². The summed E-state index contributed by atoms with van der Waals surface area (Å²) in [5.74, 6) is -0.0641. The average Bonchev–Trinajstić information content (AvgIpc) is 2.28. The van der Waals surface area contributed by atoms with Crippen molar-refractivity contribution in [2.45, 2.75) is 27.7 Å². The molecule has 0 saturated heterocycles. The van der Waals surface area contributed by atoms with Crippen molar-refractivity contribution in [1.29, 1.82) is 0 Å². The summed E-state index contributed by atoms with van der Waals surface area (Å²) in [6.45, 7) is 7.85. The molecule has 3 nitrogen and oxygen atoms in total. The Morgan fingerprint density at radius 3 is 2.47 bits per heavy atom. The molecule has 0 unspecified atom stereocenters. The smallest absolute Gasteiger partial charge is 0.331 e. The lowest BCUT2D eigenvalue weighted by molar-refractivity contribution is -0.132. The normalized spacial score (nSPS) is 11.4. The quantitative estimate of drug-likeness (QED) is 0.814. The third-order valence-electron chi connectivity index (χ3n) is 2.83. The van der Waals surface area contributed by atoms with E-state index in [2.05, 4.69) is 6.07 Å². The molecule has 0 fully saturated rings. The van der Waals surface area contributed by atoms with E-state index in [1.165, 1.54) is 5.56 Å². The van der Waals surface area contributed by atoms with Crippen LogP contribution in [0.5, 0.6) is 5.75 Å². The molecule has 0 aliphatic rings. The Balaban J connectivity index is 2.80. The third kappa shape index (κ3) is 3.34. The number of carboxylic acids is 1. The Bertz CT molecular complexity index is 459. The van der Waals surface area contributed by atoms with E-state index < -0.39 is 5.97 Å². The molecule has 0 atom stereocenters. The maximum atomic E-state index is 10.6. The van der Waals surface area contributed by atoms with E-state index in [-0.39, 0.29) is 6.61 Å². The molecule has 0 heterocycles. The second kappa shape index (κ2) is 5.53. The first kappa shape index (κ1) is 13.3. The molecule has 0 amide bonds. The second-order valence-corrected chi connectivity index (χ2v) is 4.16. The lowest BCUT2D eigenvalue weighted by Gasteiger charge is -2.12. The fourth-order valence-electron chi connectivity index (χ4n) is 1.48. The molecule has 92 valence electrons. The summed E-state index contributed by atoms with van der Waals surface area (Å²) < 4.78 is 5.63. The molecule has 0 saturated carbocycles. The van der Waals surface area contributed by atoms with Crippen LogP contribution in [-0.4, -0.2) is 17.7 Å². The summed E-state index contributed by atoms with van der Waals surface area (Å²) in [6, 6.07) is 4.06. The van der Waals surface area contributed by atoms with Crippen LogP contribution in [0.1, 0.15) is 23.6 Å². The molecule has 1 aromatic rings. The van der Waals surface area contributed by atoms with Crippen molar-refractivity contribution >= 4 is 5.97 Å². The minimum absolute atomic E-state index is 0.281. The molecule has 0 bridgehead atoms. The van der Waals surface area contributed by atoms with Gasteiger partial charge in [0.15, 0.2) is 0 Å². The van der Waals surface area contributed by atoms with Gasteiger partial charge in [-0.2, -0.15) is 0 Å². The molecule has 0 aromatic heterocycles. The maximum absolute atomic E-state index is 10.6. The van der Waals surface area contributed by atoms with Gasteiger partial charge in [0.2, 0.25) is 0 Å². The van der Waals surface area contributed by atoms with Crippen LogP contribution in [0.4, 0.5) is 0 Å². The predicted molar refractivity (Wildman–Crippen MR) is 67.5 cm³/mol. The Morgan fingerprint density at radius 1 is 1.29 bits per heavy atom. The number of aryl methyl sites for hydroxylation is 2. The lowest BCUT2D eigenvalue weighted by atomic mass is 10.1. The minimum Gasteiger partial charge on any atom is -0.489 e. The van der Waals surface area contributed by atoms with Gasteiger partial charge in [-0.3, -0.25) is 0 Å². The Hall–Kier alpha value is -1.77. The zero-order chi connectivity index (χ0) is 13.0. The monoisotopic (exact) mass is 234 g/mol. The molecule has 0 aliphatic heterocycles. The van der Waals surface area contributed by atoms with E-state index in [9.17, 15) is 4.79 Å². The molecule has 1 aromatic carbocycles. The minimum atomic E-state index is -0.911. The van der Waals surface area contributed by atoms with Gasteiger partial charge in [0.25, 0.3) is 0 Å². The zero-order valence-electron chi connectivity index (χ0n) is 10.7. The van der Waals surface area contributed by atoms with Crippen molar-refractivity contribution in [2.24, 2.45) is 0 Å². The number of hydrogen-bond acceptors (Lipinski definition) is 2. The highest BCUT2D eigenvalue weighted by atomic mass is 16.5. The maximum Gasteiger partial charge on any atom is 0.331 e. The van der Waals surface area contributed by atoms with Crippen molar-refractivity contribution in [3.63, 3.8) is 0 Å². The molecule has 3 heteroatoms. The van der Waals surface area contributed by atoms with Gasteiger partial charge in [0, 0.05) is 5.57 Å². The van der Waals surface area contributed by atoms with Crippen LogP contribution in [0.2, 0.25) is 0 Å². The number of aliphatic carboxylic acids is 1. The summed E-state index contributed by atoms with van der Waals surface area (Å²) in [7, 11) is 0. The van der Waals surface area contributed by atoms with E-state index in [1.807, 2.05) is 26.8 Å². The molecular weight excluding hydrogens is 216 g/mol. The number of ether oxygens (including phenoxy) is 1. The second-order valence-electron chi connectivity index (χ2n) is 4.16. The largest absolute Gasteiger partial charge is 0.489 e. The Kier molecular flexibility index (Phi) is 4.32. The van der Waals surface area contributed by atoms with Crippen LogP contribution < -0.4 is 4.74 Å². The van der Waals surface area contributed by atoms with Gasteiger partial charge >= 0.3 is 5.97 Å². The van der Waals surface area contributed by atoms with E-state index >= 15 is 0 Å². The van der Waals surface area contributed by atoms with Crippen molar-refractivity contribution in [2.75, 3.05) is 6.61 Å².